The van der Waals surface area contributed by atoms with E-state index in [1.54, 1.807) is 4.68 Å². The Morgan fingerprint density at radius 3 is 2.30 bits per heavy atom. The molecule has 0 saturated heterocycles. The van der Waals surface area contributed by atoms with E-state index in [0.717, 1.165) is 12.1 Å². The van der Waals surface area contributed by atoms with Crippen LogP contribution < -0.4 is 0 Å². The third-order valence-electron chi connectivity index (χ3n) is 1.01. The molecule has 0 N–H and O–H groups in total. The Morgan fingerprint density at radius 1 is 1.50 bits per heavy atom. The van der Waals surface area contributed by atoms with E-state index in [4.69, 9.17) is 0 Å². The lowest BCUT2D eigenvalue weighted by atomic mass is 10.4. The second-order valence-electron chi connectivity index (χ2n) is 1.74. The highest BCUT2D eigenvalue weighted by atomic mass is 15.4. The first-order valence-electron chi connectivity index (χ1n) is 3.68. The third kappa shape index (κ3) is 2.62. The Hall–Kier alpha value is -0.860. The summed E-state index contributed by atoms with van der Waals surface area (Å²) in [5.74, 6) is 0. The lowest BCUT2D eigenvalue weighted by molar-refractivity contribution is 0.713. The van der Waals surface area contributed by atoms with Crippen LogP contribution in [0.2, 0.25) is 0 Å². The molecule has 1 aromatic heterocycles. The van der Waals surface area contributed by atoms with E-state index in [2.05, 4.69) is 17.2 Å². The monoisotopic (exact) mass is 141 g/mol. The highest BCUT2D eigenvalue weighted by Crippen LogP contribution is 1.89. The molecular formula is C7H15N3. The van der Waals surface area contributed by atoms with Gasteiger partial charge in [0.2, 0.25) is 0 Å². The van der Waals surface area contributed by atoms with Gasteiger partial charge < -0.3 is 0 Å². The zero-order valence-electron chi connectivity index (χ0n) is 7.13. The van der Waals surface area contributed by atoms with Crippen LogP contribution in [0.4, 0.5) is 0 Å². The first kappa shape index (κ1) is 9.14. The van der Waals surface area contributed by atoms with Gasteiger partial charge in [-0.15, -0.1) is 5.10 Å². The van der Waals surface area contributed by atoms with Gasteiger partial charge in [-0.2, -0.15) is 0 Å². The summed E-state index contributed by atoms with van der Waals surface area (Å²) >= 11 is 0. The Balaban J connectivity index is 0.000000371. The molecule has 0 aliphatic carbocycles. The van der Waals surface area contributed by atoms with E-state index < -0.39 is 0 Å². The van der Waals surface area contributed by atoms with Gasteiger partial charge >= 0.3 is 0 Å². The second-order valence-corrected chi connectivity index (χ2v) is 1.74. The Kier molecular flexibility index (Phi) is 4.54. The molecule has 0 aromatic carbocycles. The fraction of sp³-hybridized carbons (Fsp3) is 0.714. The summed E-state index contributed by atoms with van der Waals surface area (Å²) in [4.78, 5) is 0. The van der Waals surface area contributed by atoms with Crippen molar-refractivity contribution in [2.45, 2.75) is 27.2 Å². The summed E-state index contributed by atoms with van der Waals surface area (Å²) in [6, 6.07) is 0. The molecule has 0 bridgehead atoms. The molecule has 0 fully saturated rings. The SMILES string of the molecule is CC.CCc1cn(C)nn1. The van der Waals surface area contributed by atoms with Crippen LogP contribution in [0.5, 0.6) is 0 Å². The highest BCUT2D eigenvalue weighted by molar-refractivity contribution is 4.89. The van der Waals surface area contributed by atoms with Crippen LogP contribution in [-0.2, 0) is 13.5 Å². The quantitative estimate of drug-likeness (QED) is 0.592. The van der Waals surface area contributed by atoms with Crippen molar-refractivity contribution in [3.8, 4) is 0 Å². The summed E-state index contributed by atoms with van der Waals surface area (Å²) in [6.45, 7) is 6.06. The standard InChI is InChI=1S/C5H9N3.C2H6/c1-3-5-4-8(2)7-6-5;1-2/h4H,3H2,1-2H3;1-2H3. The van der Waals surface area contributed by atoms with Gasteiger partial charge in [0.25, 0.3) is 0 Å². The molecule has 0 aliphatic heterocycles. The number of hydrogen-bond donors (Lipinski definition) is 0. The molecule has 0 amide bonds. The molecule has 0 atom stereocenters. The number of hydrogen-bond acceptors (Lipinski definition) is 2. The fourth-order valence-electron chi connectivity index (χ4n) is 0.557. The summed E-state index contributed by atoms with van der Waals surface area (Å²) < 4.78 is 1.71. The van der Waals surface area contributed by atoms with E-state index in [1.165, 1.54) is 0 Å². The van der Waals surface area contributed by atoms with Crippen molar-refractivity contribution in [3.63, 3.8) is 0 Å². The van der Waals surface area contributed by atoms with Crippen molar-refractivity contribution in [3.05, 3.63) is 11.9 Å². The highest BCUT2D eigenvalue weighted by Gasteiger charge is 1.90. The number of aryl methyl sites for hydroxylation is 2. The lowest BCUT2D eigenvalue weighted by Crippen LogP contribution is -1.85. The van der Waals surface area contributed by atoms with E-state index in [-0.39, 0.29) is 0 Å². The molecule has 0 aliphatic rings. The van der Waals surface area contributed by atoms with Crippen molar-refractivity contribution >= 4 is 0 Å². The van der Waals surface area contributed by atoms with Crippen molar-refractivity contribution in [2.24, 2.45) is 7.05 Å². The topological polar surface area (TPSA) is 30.7 Å². The molecule has 0 radical (unpaired) electrons. The van der Waals surface area contributed by atoms with E-state index in [0.29, 0.717) is 0 Å². The van der Waals surface area contributed by atoms with E-state index in [1.807, 2.05) is 27.1 Å². The lowest BCUT2D eigenvalue weighted by Gasteiger charge is -1.78. The first-order chi connectivity index (χ1) is 4.83. The molecule has 0 saturated carbocycles. The zero-order chi connectivity index (χ0) is 7.98. The maximum absolute atomic E-state index is 3.85. The van der Waals surface area contributed by atoms with Crippen molar-refractivity contribution < 1.29 is 0 Å². The van der Waals surface area contributed by atoms with Crippen LogP contribution in [0.25, 0.3) is 0 Å². The van der Waals surface area contributed by atoms with Crippen LogP contribution in [-0.4, -0.2) is 15.0 Å². The summed E-state index contributed by atoms with van der Waals surface area (Å²) in [5, 5.41) is 7.60. The van der Waals surface area contributed by atoms with Crippen molar-refractivity contribution in [2.75, 3.05) is 0 Å². The van der Waals surface area contributed by atoms with Gasteiger partial charge in [-0.25, -0.2) is 0 Å². The maximum Gasteiger partial charge on any atom is 0.0824 e. The Labute approximate surface area is 62.1 Å². The Bertz CT molecular complexity index is 169. The predicted molar refractivity (Wildman–Crippen MR) is 41.7 cm³/mol. The van der Waals surface area contributed by atoms with Gasteiger partial charge in [-0.3, -0.25) is 4.68 Å². The molecular weight excluding hydrogens is 126 g/mol. The van der Waals surface area contributed by atoms with Crippen molar-refractivity contribution in [1.82, 2.24) is 15.0 Å². The predicted octanol–water partition coefficient (Wildman–Crippen LogP) is 1.40. The third-order valence-corrected chi connectivity index (χ3v) is 1.01. The molecule has 3 heteroatoms. The second kappa shape index (κ2) is 4.97. The van der Waals surface area contributed by atoms with Gasteiger partial charge in [-0.05, 0) is 6.42 Å². The molecule has 1 aromatic rings. The van der Waals surface area contributed by atoms with Crippen LogP contribution >= 0.6 is 0 Å². The largest absolute Gasteiger partial charge is 0.255 e. The smallest absolute Gasteiger partial charge is 0.0824 e. The van der Waals surface area contributed by atoms with Gasteiger partial charge in [-0.1, -0.05) is 26.0 Å². The van der Waals surface area contributed by atoms with Crippen LogP contribution in [0, 0.1) is 0 Å². The summed E-state index contributed by atoms with van der Waals surface area (Å²) in [5.41, 5.74) is 1.05. The molecule has 58 valence electrons. The summed E-state index contributed by atoms with van der Waals surface area (Å²) in [7, 11) is 1.87. The summed E-state index contributed by atoms with van der Waals surface area (Å²) in [6.07, 6.45) is 2.88. The van der Waals surface area contributed by atoms with Crippen molar-refractivity contribution in [1.29, 1.82) is 0 Å². The van der Waals surface area contributed by atoms with E-state index >= 15 is 0 Å². The number of rotatable bonds is 1. The zero-order valence-corrected chi connectivity index (χ0v) is 7.13. The minimum absolute atomic E-state index is 0.966. The van der Waals surface area contributed by atoms with Crippen LogP contribution in [0.3, 0.4) is 0 Å². The molecule has 1 heterocycles. The van der Waals surface area contributed by atoms with Gasteiger partial charge in [0.15, 0.2) is 0 Å². The average Bonchev–Trinajstić information content (AvgIpc) is 2.40. The van der Waals surface area contributed by atoms with E-state index in [9.17, 15) is 0 Å². The van der Waals surface area contributed by atoms with Gasteiger partial charge in [0.1, 0.15) is 0 Å². The number of aromatic nitrogens is 3. The molecule has 3 nitrogen and oxygen atoms in total. The first-order valence-corrected chi connectivity index (χ1v) is 3.68. The molecule has 0 unspecified atom stereocenters. The fourth-order valence-corrected chi connectivity index (χ4v) is 0.557. The molecule has 0 spiro atoms. The minimum Gasteiger partial charge on any atom is -0.255 e. The van der Waals surface area contributed by atoms with Gasteiger partial charge in [0, 0.05) is 13.2 Å². The van der Waals surface area contributed by atoms with Crippen LogP contribution in [0.15, 0.2) is 6.20 Å². The Morgan fingerprint density at radius 2 is 2.10 bits per heavy atom. The number of nitrogens with zero attached hydrogens (tertiary/aromatic N) is 3. The minimum atomic E-state index is 0.966. The van der Waals surface area contributed by atoms with Gasteiger partial charge in [0.05, 0.1) is 5.69 Å². The maximum atomic E-state index is 3.85. The normalized spacial score (nSPS) is 8.40. The molecule has 10 heavy (non-hydrogen) atoms. The average molecular weight is 141 g/mol. The molecule has 1 rings (SSSR count). The van der Waals surface area contributed by atoms with Crippen LogP contribution in [0.1, 0.15) is 26.5 Å².